The topological polar surface area (TPSA) is 0 Å². The van der Waals surface area contributed by atoms with Gasteiger partial charge >= 0.3 is 0 Å². The maximum atomic E-state index is 2.46. The molecule has 206 valence electrons. The maximum Gasteiger partial charge on any atom is 0.0725 e. The Balaban J connectivity index is 1.10. The molecule has 44 heavy (non-hydrogen) atoms. The lowest BCUT2D eigenvalue weighted by Crippen LogP contribution is -2.25. The van der Waals surface area contributed by atoms with Crippen molar-refractivity contribution >= 4 is 0 Å². The summed E-state index contributed by atoms with van der Waals surface area (Å²) in [4.78, 5) is 0. The number of hydrogen-bond donors (Lipinski definition) is 0. The van der Waals surface area contributed by atoms with E-state index in [0.29, 0.717) is 0 Å². The Bertz CT molecular complexity index is 2100. The molecule has 0 saturated heterocycles. The van der Waals surface area contributed by atoms with Gasteiger partial charge in [0.1, 0.15) is 0 Å². The van der Waals surface area contributed by atoms with Gasteiger partial charge in [0.25, 0.3) is 0 Å². The summed E-state index contributed by atoms with van der Waals surface area (Å²) in [5.41, 5.74) is 18.3. The molecule has 0 radical (unpaired) electrons. The van der Waals surface area contributed by atoms with Crippen molar-refractivity contribution in [1.29, 1.82) is 0 Å². The molecule has 0 saturated carbocycles. The summed E-state index contributed by atoms with van der Waals surface area (Å²) in [6.07, 6.45) is 0.922. The lowest BCUT2D eigenvalue weighted by Gasteiger charge is -2.30. The maximum absolute atomic E-state index is 2.46. The zero-order valence-electron chi connectivity index (χ0n) is 24.4. The lowest BCUT2D eigenvalue weighted by atomic mass is 9.70. The SMILES string of the molecule is c1ccc(-c2ccc(Cc3ccc(-c4ccc5c(c4)C4(c6ccccc6-c6ccccc64)c4ccccc4-5)cc3)cc2)cc1. The van der Waals surface area contributed by atoms with Gasteiger partial charge in [-0.2, -0.15) is 0 Å². The van der Waals surface area contributed by atoms with Crippen molar-refractivity contribution in [2.24, 2.45) is 0 Å². The molecular formula is C44H30. The van der Waals surface area contributed by atoms with Gasteiger partial charge in [0, 0.05) is 0 Å². The van der Waals surface area contributed by atoms with Crippen molar-refractivity contribution in [2.45, 2.75) is 11.8 Å². The molecule has 0 amide bonds. The standard InChI is InChI=1S/C44H30/c1-2-10-32(11-3-1)33-22-18-30(19-23-33)28-31-20-24-34(25-21-31)35-26-27-39-38-14-6-9-17-42(38)44(43(39)29-35)40-15-7-4-12-36(40)37-13-5-8-16-41(37)44/h1-27,29H,28H2. The largest absolute Gasteiger partial charge is 0.0725 e. The van der Waals surface area contributed by atoms with Crippen molar-refractivity contribution in [3.8, 4) is 44.5 Å². The van der Waals surface area contributed by atoms with Crippen LogP contribution in [0.4, 0.5) is 0 Å². The highest BCUT2D eigenvalue weighted by molar-refractivity contribution is 5.95. The first kappa shape index (κ1) is 25.1. The quantitative estimate of drug-likeness (QED) is 0.202. The van der Waals surface area contributed by atoms with E-state index >= 15 is 0 Å². The van der Waals surface area contributed by atoms with Crippen LogP contribution in [0.2, 0.25) is 0 Å². The van der Waals surface area contributed by atoms with Gasteiger partial charge < -0.3 is 0 Å². The van der Waals surface area contributed by atoms with E-state index in [2.05, 4.69) is 170 Å². The highest BCUT2D eigenvalue weighted by atomic mass is 14.5. The molecule has 1 spiro atoms. The first-order valence-corrected chi connectivity index (χ1v) is 15.5. The molecule has 0 fully saturated rings. The second-order valence-corrected chi connectivity index (χ2v) is 12.1. The Hall–Kier alpha value is -5.46. The molecule has 9 rings (SSSR count). The highest BCUT2D eigenvalue weighted by Crippen LogP contribution is 2.62. The second-order valence-electron chi connectivity index (χ2n) is 12.1. The van der Waals surface area contributed by atoms with Crippen LogP contribution in [0.25, 0.3) is 44.5 Å². The third kappa shape index (κ3) is 3.64. The van der Waals surface area contributed by atoms with Gasteiger partial charge in [-0.15, -0.1) is 0 Å². The van der Waals surface area contributed by atoms with Crippen LogP contribution >= 0.6 is 0 Å². The van der Waals surface area contributed by atoms with Crippen LogP contribution in [0.1, 0.15) is 33.4 Å². The molecule has 7 aromatic carbocycles. The third-order valence-corrected chi connectivity index (χ3v) is 9.75. The highest BCUT2D eigenvalue weighted by Gasteiger charge is 2.51. The van der Waals surface area contributed by atoms with Crippen molar-refractivity contribution in [3.05, 3.63) is 203 Å². The summed E-state index contributed by atoms with van der Waals surface area (Å²) < 4.78 is 0. The molecule has 0 nitrogen and oxygen atoms in total. The molecule has 0 heterocycles. The van der Waals surface area contributed by atoms with Crippen LogP contribution in [-0.2, 0) is 11.8 Å². The van der Waals surface area contributed by atoms with E-state index in [4.69, 9.17) is 0 Å². The molecular weight excluding hydrogens is 528 g/mol. The fourth-order valence-electron chi connectivity index (χ4n) is 7.77. The molecule has 0 bridgehead atoms. The second kappa shape index (κ2) is 9.79. The summed E-state index contributed by atoms with van der Waals surface area (Å²) in [6.45, 7) is 0. The normalized spacial score (nSPS) is 13.3. The number of rotatable bonds is 4. The van der Waals surface area contributed by atoms with Crippen LogP contribution in [0.15, 0.2) is 170 Å². The average molecular weight is 559 g/mol. The molecule has 2 aliphatic carbocycles. The molecule has 7 aromatic rings. The zero-order chi connectivity index (χ0) is 29.1. The molecule has 0 N–H and O–H groups in total. The van der Waals surface area contributed by atoms with Crippen molar-refractivity contribution < 1.29 is 0 Å². The fourth-order valence-corrected chi connectivity index (χ4v) is 7.77. The van der Waals surface area contributed by atoms with Gasteiger partial charge in [0.15, 0.2) is 0 Å². The summed E-state index contributed by atoms with van der Waals surface area (Å²) >= 11 is 0. The van der Waals surface area contributed by atoms with Crippen LogP contribution in [0, 0.1) is 0 Å². The minimum Gasteiger partial charge on any atom is -0.0622 e. The molecule has 0 aromatic heterocycles. The lowest BCUT2D eigenvalue weighted by molar-refractivity contribution is 0.794. The Morgan fingerprint density at radius 1 is 0.295 bits per heavy atom. The van der Waals surface area contributed by atoms with Crippen molar-refractivity contribution in [1.82, 2.24) is 0 Å². The van der Waals surface area contributed by atoms with Gasteiger partial charge in [-0.3, -0.25) is 0 Å². The zero-order valence-corrected chi connectivity index (χ0v) is 24.4. The van der Waals surface area contributed by atoms with Crippen molar-refractivity contribution in [3.63, 3.8) is 0 Å². The summed E-state index contributed by atoms with van der Waals surface area (Å²) in [7, 11) is 0. The predicted molar refractivity (Wildman–Crippen MR) is 183 cm³/mol. The van der Waals surface area contributed by atoms with Gasteiger partial charge in [-0.25, -0.2) is 0 Å². The average Bonchev–Trinajstić information content (AvgIpc) is 3.56. The number of fused-ring (bicyclic) bond motifs is 10. The Labute approximate surface area is 258 Å². The van der Waals surface area contributed by atoms with Crippen LogP contribution in [0.3, 0.4) is 0 Å². The summed E-state index contributed by atoms with van der Waals surface area (Å²) in [6, 6.07) is 62.9. The minimum absolute atomic E-state index is 0.305. The van der Waals surface area contributed by atoms with Gasteiger partial charge in [0.2, 0.25) is 0 Å². The molecule has 0 unspecified atom stereocenters. The predicted octanol–water partition coefficient (Wildman–Crippen LogP) is 11.0. The monoisotopic (exact) mass is 558 g/mol. The van der Waals surface area contributed by atoms with Gasteiger partial charge in [0.05, 0.1) is 5.41 Å². The Morgan fingerprint density at radius 3 is 1.20 bits per heavy atom. The first-order valence-electron chi connectivity index (χ1n) is 15.5. The van der Waals surface area contributed by atoms with E-state index in [0.717, 1.165) is 6.42 Å². The number of benzene rings is 7. The smallest absolute Gasteiger partial charge is 0.0622 e. The van der Waals surface area contributed by atoms with E-state index in [9.17, 15) is 0 Å². The van der Waals surface area contributed by atoms with E-state index in [1.54, 1.807) is 0 Å². The minimum atomic E-state index is -0.305. The van der Waals surface area contributed by atoms with Gasteiger partial charge in [-0.1, -0.05) is 164 Å². The van der Waals surface area contributed by atoms with Crippen LogP contribution < -0.4 is 0 Å². The third-order valence-electron chi connectivity index (χ3n) is 9.75. The first-order chi connectivity index (χ1) is 21.8. The van der Waals surface area contributed by atoms with E-state index in [1.807, 2.05) is 0 Å². The van der Waals surface area contributed by atoms with E-state index in [1.165, 1.54) is 77.9 Å². The van der Waals surface area contributed by atoms with Crippen LogP contribution in [0.5, 0.6) is 0 Å². The molecule has 0 atom stereocenters. The fraction of sp³-hybridized carbons (Fsp3) is 0.0455. The molecule has 2 aliphatic rings. The van der Waals surface area contributed by atoms with Crippen LogP contribution in [-0.4, -0.2) is 0 Å². The number of hydrogen-bond acceptors (Lipinski definition) is 0. The summed E-state index contributed by atoms with van der Waals surface area (Å²) in [5, 5.41) is 0. The van der Waals surface area contributed by atoms with Gasteiger partial charge in [-0.05, 0) is 90.4 Å². The van der Waals surface area contributed by atoms with Crippen molar-refractivity contribution in [2.75, 3.05) is 0 Å². The summed E-state index contributed by atoms with van der Waals surface area (Å²) in [5.74, 6) is 0. The Morgan fingerprint density at radius 2 is 0.682 bits per heavy atom. The van der Waals surface area contributed by atoms with E-state index < -0.39 is 0 Å². The molecule has 0 heteroatoms. The Kier molecular flexibility index (Phi) is 5.58. The molecule has 0 aliphatic heterocycles. The van der Waals surface area contributed by atoms with E-state index in [-0.39, 0.29) is 5.41 Å².